The van der Waals surface area contributed by atoms with Crippen molar-refractivity contribution in [3.63, 3.8) is 0 Å². The van der Waals surface area contributed by atoms with E-state index in [9.17, 15) is 0 Å². The number of hydrogen-bond donors (Lipinski definition) is 2. The van der Waals surface area contributed by atoms with Crippen LogP contribution >= 0.6 is 0 Å². The predicted molar refractivity (Wildman–Crippen MR) is 65.0 cm³/mol. The van der Waals surface area contributed by atoms with Crippen molar-refractivity contribution in [1.82, 2.24) is 0 Å². The molecule has 9 nitrogen and oxygen atoms in total. The van der Waals surface area contributed by atoms with Crippen LogP contribution in [0.2, 0.25) is 0 Å². The molecule has 136 valence electrons. The molecule has 0 bridgehead atoms. The molecule has 0 atom stereocenters. The molecule has 12 heteroatoms. The standard InChI is InChI=1S/C12H20N.2ClHO4.Li/c1-5-9-13(10-6-2,11-7-3)12-8-4;2*2-1(3,4)5;/h5-8H,1-4,9-12H2;2*(H,2,3,4,5);/q+1;;;+1. The first-order valence-corrected chi connectivity index (χ1v) is 8.32. The first-order valence-electron chi connectivity index (χ1n) is 5.79. The minimum absolute atomic E-state index is 0. The van der Waals surface area contributed by atoms with Crippen LogP contribution in [0.1, 0.15) is 0 Å². The summed E-state index contributed by atoms with van der Waals surface area (Å²) in [5.41, 5.74) is 0. The zero-order valence-corrected chi connectivity index (χ0v) is 15.0. The Balaban J connectivity index is -0.000000151. The second kappa shape index (κ2) is 16.3. The van der Waals surface area contributed by atoms with Crippen molar-refractivity contribution in [2.24, 2.45) is 0 Å². The van der Waals surface area contributed by atoms with Crippen molar-refractivity contribution in [2.75, 3.05) is 26.2 Å². The molecule has 0 saturated heterocycles. The van der Waals surface area contributed by atoms with E-state index in [-0.39, 0.29) is 18.9 Å². The molecule has 0 aliphatic heterocycles. The van der Waals surface area contributed by atoms with Crippen LogP contribution in [0.15, 0.2) is 50.6 Å². The van der Waals surface area contributed by atoms with Gasteiger partial charge in [-0.15, -0.1) is 0 Å². The second-order valence-corrected chi connectivity index (χ2v) is 5.60. The van der Waals surface area contributed by atoms with Crippen LogP contribution in [0.5, 0.6) is 0 Å². The molecule has 0 aliphatic carbocycles. The number of rotatable bonds is 8. The van der Waals surface area contributed by atoms with Crippen LogP contribution in [0, 0.1) is 20.5 Å². The van der Waals surface area contributed by atoms with Crippen molar-refractivity contribution < 1.29 is 81.1 Å². The summed E-state index contributed by atoms with van der Waals surface area (Å²) < 4.78 is 66.3. The van der Waals surface area contributed by atoms with Gasteiger partial charge in [0.1, 0.15) is 0 Å². The van der Waals surface area contributed by atoms with E-state index in [0.717, 1.165) is 30.7 Å². The molecule has 0 spiro atoms. The monoisotopic (exact) mass is 385 g/mol. The Hall–Kier alpha value is -0.223. The fourth-order valence-corrected chi connectivity index (χ4v) is 1.54. The smallest absolute Gasteiger partial charge is 0.311 e. The molecule has 0 fully saturated rings. The van der Waals surface area contributed by atoms with Gasteiger partial charge < -0.3 is 4.48 Å². The van der Waals surface area contributed by atoms with Gasteiger partial charge in [-0.3, -0.25) is 0 Å². The predicted octanol–water partition coefficient (Wildman–Crippen LogP) is -8.70. The Morgan fingerprint density at radius 2 is 0.750 bits per heavy atom. The van der Waals surface area contributed by atoms with Gasteiger partial charge in [-0.1, -0.05) is 26.3 Å². The zero-order chi connectivity index (χ0) is 19.2. The van der Waals surface area contributed by atoms with Crippen LogP contribution in [-0.4, -0.2) is 40.0 Å². The van der Waals surface area contributed by atoms with E-state index < -0.39 is 20.5 Å². The van der Waals surface area contributed by atoms with Gasteiger partial charge >= 0.3 is 18.9 Å². The molecule has 2 N–H and O–H groups in total. The number of hydrogen-bond acceptors (Lipinski definition) is 8. The summed E-state index contributed by atoms with van der Waals surface area (Å²) in [6.07, 6.45) is 7.76. The van der Waals surface area contributed by atoms with Gasteiger partial charge in [0.25, 0.3) is 0 Å². The van der Waals surface area contributed by atoms with Gasteiger partial charge in [0, 0.05) is 0 Å². The average molecular weight is 386 g/mol. The fraction of sp³-hybridized carbons (Fsp3) is 0.333. The molecule has 0 aromatic rings. The molecule has 24 heavy (non-hydrogen) atoms. The summed E-state index contributed by atoms with van der Waals surface area (Å²) in [6.45, 7) is 18.8. The van der Waals surface area contributed by atoms with E-state index in [4.69, 9.17) is 37.3 Å². The van der Waals surface area contributed by atoms with E-state index in [2.05, 4.69) is 26.3 Å². The van der Waals surface area contributed by atoms with E-state index in [1.807, 2.05) is 24.3 Å². The molecule has 0 unspecified atom stereocenters. The maximum Gasteiger partial charge on any atom is 1.00 e. The second-order valence-electron chi connectivity index (χ2n) is 4.02. The van der Waals surface area contributed by atoms with Crippen molar-refractivity contribution in [2.45, 2.75) is 0 Å². The Kier molecular flexibility index (Phi) is 21.4. The van der Waals surface area contributed by atoms with Gasteiger partial charge in [-0.05, 0) is 24.3 Å². The Bertz CT molecular complexity index is 288. The quantitative estimate of drug-likeness (QED) is 0.234. The summed E-state index contributed by atoms with van der Waals surface area (Å²) in [6, 6.07) is 0. The summed E-state index contributed by atoms with van der Waals surface area (Å²) in [5.74, 6) is 0. The summed E-state index contributed by atoms with van der Waals surface area (Å²) in [4.78, 5) is 0. The van der Waals surface area contributed by atoms with Crippen molar-refractivity contribution in [3.8, 4) is 0 Å². The van der Waals surface area contributed by atoms with Crippen LogP contribution < -0.4 is 46.8 Å². The SMILES string of the molecule is C=CC[N+](CC=C)(CC=C)CC=C.[Li+].[O-][Cl+3]([O-])([O-])O.[O-][Cl+3]([O-])([O-])O. The zero-order valence-electron chi connectivity index (χ0n) is 13.5. The summed E-state index contributed by atoms with van der Waals surface area (Å²) in [5, 5.41) is 0. The topological polar surface area (TPSA) is 179 Å². The average Bonchev–Trinajstić information content (AvgIpc) is 2.25. The summed E-state index contributed by atoms with van der Waals surface area (Å²) in [7, 11) is -9.39. The first-order chi connectivity index (χ1) is 10.2. The number of halogens is 2. The van der Waals surface area contributed by atoms with Gasteiger partial charge in [-0.25, -0.2) is 0 Å². The van der Waals surface area contributed by atoms with Gasteiger partial charge in [-0.2, -0.15) is 28.0 Å². The van der Waals surface area contributed by atoms with Crippen molar-refractivity contribution in [1.29, 1.82) is 0 Å². The largest absolute Gasteiger partial charge is 1.00 e. The van der Waals surface area contributed by atoms with Gasteiger partial charge in [0.2, 0.25) is 0 Å². The molecule has 0 rings (SSSR count). The molecule has 0 amide bonds. The summed E-state index contributed by atoms with van der Waals surface area (Å²) >= 11 is 0. The van der Waals surface area contributed by atoms with Crippen LogP contribution in [0.3, 0.4) is 0 Å². The van der Waals surface area contributed by atoms with Crippen LogP contribution in [0.4, 0.5) is 0 Å². The van der Waals surface area contributed by atoms with E-state index in [1.54, 1.807) is 0 Å². The molecule has 0 aromatic heterocycles. The minimum atomic E-state index is -4.69. The Morgan fingerprint density at radius 3 is 0.833 bits per heavy atom. The molecule has 0 aromatic carbocycles. The van der Waals surface area contributed by atoms with E-state index in [0.29, 0.717) is 0 Å². The van der Waals surface area contributed by atoms with Gasteiger partial charge in [0.05, 0.1) is 56.0 Å². The van der Waals surface area contributed by atoms with Crippen molar-refractivity contribution in [3.05, 3.63) is 50.6 Å². The molecular weight excluding hydrogens is 364 g/mol. The first kappa shape index (κ1) is 31.5. The fourth-order valence-electron chi connectivity index (χ4n) is 1.54. The molecule has 0 heterocycles. The minimum Gasteiger partial charge on any atom is -0.311 e. The maximum atomic E-state index is 8.60. The molecule has 0 saturated carbocycles. The van der Waals surface area contributed by atoms with Crippen molar-refractivity contribution >= 4 is 0 Å². The van der Waals surface area contributed by atoms with Gasteiger partial charge in [0.15, 0.2) is 0 Å². The van der Waals surface area contributed by atoms with Crippen LogP contribution in [0.25, 0.3) is 0 Å². The molecule has 0 aliphatic rings. The normalized spacial score (nSPS) is 10.7. The Morgan fingerprint density at radius 1 is 0.625 bits per heavy atom. The third kappa shape index (κ3) is 37.8. The molecule has 0 radical (unpaired) electrons. The Labute approximate surface area is 158 Å². The third-order valence-corrected chi connectivity index (χ3v) is 2.07. The van der Waals surface area contributed by atoms with Crippen LogP contribution in [-0.2, 0) is 0 Å². The maximum absolute atomic E-state index is 8.60. The number of nitrogens with zero attached hydrogens (tertiary/aromatic N) is 1. The number of quaternary nitrogens is 1. The van der Waals surface area contributed by atoms with E-state index >= 15 is 0 Å². The molecular formula is C12H22Cl2LiNO8+2. The van der Waals surface area contributed by atoms with E-state index in [1.165, 1.54) is 0 Å². The third-order valence-electron chi connectivity index (χ3n) is 2.07.